The van der Waals surface area contributed by atoms with Crippen molar-refractivity contribution in [3.63, 3.8) is 0 Å². The van der Waals surface area contributed by atoms with Gasteiger partial charge in [0.1, 0.15) is 5.75 Å². The Morgan fingerprint density at radius 1 is 1.16 bits per heavy atom. The Hall–Kier alpha value is -2.82. The number of aromatic nitrogens is 2. The van der Waals surface area contributed by atoms with E-state index in [2.05, 4.69) is 20.2 Å². The number of benzene rings is 2. The largest absolute Gasteiger partial charge is 0.497 e. The third-order valence-electron chi connectivity index (χ3n) is 6.32. The number of amides is 1. The van der Waals surface area contributed by atoms with Crippen LogP contribution < -0.4 is 10.1 Å². The number of hydrogen-bond acceptors (Lipinski definition) is 6. The number of hydrogen-bond donors (Lipinski definition) is 1. The number of carbonyl (C=O) groups is 1. The van der Waals surface area contributed by atoms with E-state index in [4.69, 9.17) is 16.3 Å². The van der Waals surface area contributed by atoms with Crippen molar-refractivity contribution in [3.05, 3.63) is 71.0 Å². The second kappa shape index (κ2) is 12.8. The highest BCUT2D eigenvalue weighted by atomic mass is 35.5. The molecule has 2 aromatic carbocycles. The van der Waals surface area contributed by atoms with Gasteiger partial charge in [-0.2, -0.15) is 13.2 Å². The van der Waals surface area contributed by atoms with E-state index in [0.29, 0.717) is 30.4 Å². The summed E-state index contributed by atoms with van der Waals surface area (Å²) in [7, 11) is 1.62. The Bertz CT molecular complexity index is 1230. The number of likely N-dealkylation sites (tertiary alicyclic amines) is 1. The van der Waals surface area contributed by atoms with E-state index in [9.17, 15) is 18.0 Å². The molecule has 1 amide bonds. The topological polar surface area (TPSA) is 67.3 Å². The van der Waals surface area contributed by atoms with Crippen LogP contribution in [0.2, 0.25) is 5.02 Å². The van der Waals surface area contributed by atoms with E-state index in [1.165, 1.54) is 17.8 Å². The fourth-order valence-corrected chi connectivity index (χ4v) is 5.21. The van der Waals surface area contributed by atoms with Gasteiger partial charge >= 0.3 is 6.18 Å². The first-order valence-electron chi connectivity index (χ1n) is 12.1. The second-order valence-corrected chi connectivity index (χ2v) is 10.5. The number of piperidine rings is 1. The lowest BCUT2D eigenvalue weighted by molar-refractivity contribution is -0.137. The van der Waals surface area contributed by atoms with Gasteiger partial charge in [0.15, 0.2) is 5.16 Å². The highest BCUT2D eigenvalue weighted by Crippen LogP contribution is 2.35. The van der Waals surface area contributed by atoms with Crippen LogP contribution in [-0.2, 0) is 17.5 Å². The number of ether oxygens (including phenoxy) is 1. The van der Waals surface area contributed by atoms with Crippen molar-refractivity contribution in [1.82, 2.24) is 20.2 Å². The Morgan fingerprint density at radius 3 is 2.58 bits per heavy atom. The first-order chi connectivity index (χ1) is 18.2. The van der Waals surface area contributed by atoms with Crippen molar-refractivity contribution in [2.45, 2.75) is 30.7 Å². The zero-order chi connectivity index (χ0) is 27.1. The summed E-state index contributed by atoms with van der Waals surface area (Å²) in [6, 6.07) is 11.7. The zero-order valence-electron chi connectivity index (χ0n) is 20.8. The van der Waals surface area contributed by atoms with Gasteiger partial charge in [-0.25, -0.2) is 9.97 Å². The van der Waals surface area contributed by atoms with Gasteiger partial charge in [0.2, 0.25) is 5.91 Å². The van der Waals surface area contributed by atoms with Crippen LogP contribution >= 0.6 is 23.4 Å². The van der Waals surface area contributed by atoms with Crippen molar-refractivity contribution >= 4 is 29.3 Å². The van der Waals surface area contributed by atoms with E-state index in [1.54, 1.807) is 25.6 Å². The standard InChI is InChI=1S/C27H28ClF3N4O2S/c1-37-22-7-5-20(6-8-22)21-13-33-26(34-14-21)38-17-25(36)32-12-19-3-2-10-35(16-19)15-18-4-9-24(28)23(11-18)27(29,30)31/h4-9,11,13-14,19H,2-3,10,12,15-17H2,1H3,(H,32,36). The minimum absolute atomic E-state index is 0.109. The van der Waals surface area contributed by atoms with Gasteiger partial charge in [-0.15, -0.1) is 0 Å². The maximum atomic E-state index is 13.2. The molecule has 1 atom stereocenters. The maximum absolute atomic E-state index is 13.2. The quantitative estimate of drug-likeness (QED) is 0.256. The summed E-state index contributed by atoms with van der Waals surface area (Å²) in [5, 5.41) is 3.19. The predicted molar refractivity (Wildman–Crippen MR) is 142 cm³/mol. The van der Waals surface area contributed by atoms with Crippen LogP contribution in [0, 0.1) is 5.92 Å². The summed E-state index contributed by atoms with van der Waals surface area (Å²) in [4.78, 5) is 23.2. The fraction of sp³-hybridized carbons (Fsp3) is 0.370. The molecule has 0 saturated carbocycles. The van der Waals surface area contributed by atoms with Crippen LogP contribution in [0.3, 0.4) is 0 Å². The number of halogens is 4. The van der Waals surface area contributed by atoms with Gasteiger partial charge in [-0.3, -0.25) is 9.69 Å². The summed E-state index contributed by atoms with van der Waals surface area (Å²) in [5.74, 6) is 1.09. The molecule has 1 N–H and O–H groups in total. The van der Waals surface area contributed by atoms with Crippen LogP contribution in [-0.4, -0.2) is 53.3 Å². The lowest BCUT2D eigenvalue weighted by Crippen LogP contribution is -2.41. The molecule has 0 aliphatic carbocycles. The molecule has 2 heterocycles. The average Bonchev–Trinajstić information content (AvgIpc) is 2.92. The Balaban J connectivity index is 1.21. The van der Waals surface area contributed by atoms with Crippen LogP contribution in [0.15, 0.2) is 60.0 Å². The lowest BCUT2D eigenvalue weighted by atomic mass is 9.97. The molecular formula is C27H28ClF3N4O2S. The van der Waals surface area contributed by atoms with E-state index in [1.807, 2.05) is 24.3 Å². The molecule has 3 aromatic rings. The van der Waals surface area contributed by atoms with Crippen molar-refractivity contribution in [2.24, 2.45) is 5.92 Å². The molecule has 1 fully saturated rings. The number of nitrogens with zero attached hydrogens (tertiary/aromatic N) is 3. The first kappa shape index (κ1) is 28.2. The zero-order valence-corrected chi connectivity index (χ0v) is 22.4. The van der Waals surface area contributed by atoms with Crippen molar-refractivity contribution in [1.29, 1.82) is 0 Å². The molecule has 0 spiro atoms. The second-order valence-electron chi connectivity index (χ2n) is 9.13. The monoisotopic (exact) mass is 564 g/mol. The Labute approximate surface area is 229 Å². The van der Waals surface area contributed by atoms with Crippen LogP contribution in [0.1, 0.15) is 24.0 Å². The molecular weight excluding hydrogens is 537 g/mol. The minimum Gasteiger partial charge on any atom is -0.497 e. The molecule has 1 aromatic heterocycles. The number of rotatable bonds is 9. The predicted octanol–water partition coefficient (Wildman–Crippen LogP) is 5.94. The summed E-state index contributed by atoms with van der Waals surface area (Å²) >= 11 is 7.00. The molecule has 1 unspecified atom stereocenters. The smallest absolute Gasteiger partial charge is 0.417 e. The lowest BCUT2D eigenvalue weighted by Gasteiger charge is -2.33. The molecule has 4 rings (SSSR count). The van der Waals surface area contributed by atoms with Crippen molar-refractivity contribution < 1.29 is 22.7 Å². The van der Waals surface area contributed by atoms with E-state index < -0.39 is 11.7 Å². The van der Waals surface area contributed by atoms with Gasteiger partial charge in [0.05, 0.1) is 23.4 Å². The summed E-state index contributed by atoms with van der Waals surface area (Å²) in [5.41, 5.74) is 1.60. The van der Waals surface area contributed by atoms with Crippen molar-refractivity contribution in [2.75, 3.05) is 32.5 Å². The number of methoxy groups -OCH3 is 1. The number of alkyl halides is 3. The highest BCUT2D eigenvalue weighted by molar-refractivity contribution is 7.99. The average molecular weight is 565 g/mol. The van der Waals surface area contributed by atoms with E-state index in [-0.39, 0.29) is 22.6 Å². The number of thioether (sulfide) groups is 1. The SMILES string of the molecule is COc1ccc(-c2cnc(SCC(=O)NCC3CCCN(Cc4ccc(Cl)c(C(F)(F)F)c4)C3)nc2)cc1. The molecule has 6 nitrogen and oxygen atoms in total. The van der Waals surface area contributed by atoms with Gasteiger partial charge in [-0.05, 0) is 60.7 Å². The maximum Gasteiger partial charge on any atom is 0.417 e. The van der Waals surface area contributed by atoms with E-state index >= 15 is 0 Å². The van der Waals surface area contributed by atoms with Crippen LogP contribution in [0.5, 0.6) is 5.75 Å². The van der Waals surface area contributed by atoms with Gasteiger partial charge in [0, 0.05) is 37.6 Å². The van der Waals surface area contributed by atoms with Gasteiger partial charge in [-0.1, -0.05) is 41.6 Å². The van der Waals surface area contributed by atoms with Gasteiger partial charge in [0.25, 0.3) is 0 Å². The normalized spacial score (nSPS) is 16.3. The van der Waals surface area contributed by atoms with Crippen molar-refractivity contribution in [3.8, 4) is 16.9 Å². The fourth-order valence-electron chi connectivity index (χ4n) is 4.37. The summed E-state index contributed by atoms with van der Waals surface area (Å²) in [6.07, 6.45) is 0.842. The van der Waals surface area contributed by atoms with Gasteiger partial charge < -0.3 is 10.1 Å². The molecule has 38 heavy (non-hydrogen) atoms. The van der Waals surface area contributed by atoms with Crippen LogP contribution in [0.4, 0.5) is 13.2 Å². The van der Waals surface area contributed by atoms with Crippen LogP contribution in [0.25, 0.3) is 11.1 Å². The molecule has 11 heteroatoms. The Kier molecular flexibility index (Phi) is 9.51. The molecule has 202 valence electrons. The van der Waals surface area contributed by atoms with E-state index in [0.717, 1.165) is 42.3 Å². The molecule has 1 aliphatic rings. The number of carbonyl (C=O) groups excluding carboxylic acids is 1. The Morgan fingerprint density at radius 2 is 1.89 bits per heavy atom. The summed E-state index contributed by atoms with van der Waals surface area (Å²) < 4.78 is 44.7. The third-order valence-corrected chi connectivity index (χ3v) is 7.52. The minimum atomic E-state index is -4.48. The molecule has 0 bridgehead atoms. The third kappa shape index (κ3) is 7.85. The highest BCUT2D eigenvalue weighted by Gasteiger charge is 2.33. The first-order valence-corrected chi connectivity index (χ1v) is 13.5. The molecule has 1 aliphatic heterocycles. The number of nitrogens with one attached hydrogen (secondary N) is 1. The summed E-state index contributed by atoms with van der Waals surface area (Å²) in [6.45, 7) is 2.42. The molecule has 0 radical (unpaired) electrons. The molecule has 1 saturated heterocycles.